The molecule has 0 radical (unpaired) electrons. The Morgan fingerprint density at radius 2 is 2.38 bits per heavy atom. The van der Waals surface area contributed by atoms with Crippen LogP contribution >= 0.6 is 15.9 Å². The van der Waals surface area contributed by atoms with Gasteiger partial charge in [0, 0.05) is 12.7 Å². The van der Waals surface area contributed by atoms with Crippen LogP contribution < -0.4 is 0 Å². The molecule has 1 heterocycles. The van der Waals surface area contributed by atoms with E-state index in [1.807, 2.05) is 24.7 Å². The van der Waals surface area contributed by atoms with Gasteiger partial charge >= 0.3 is 0 Å². The third-order valence-electron chi connectivity index (χ3n) is 1.87. The number of nitriles is 1. The molecule has 0 aliphatic carbocycles. The number of halogens is 1. The maximum Gasteiger partial charge on any atom is 0.0684 e. The van der Waals surface area contributed by atoms with Crippen LogP contribution in [0.4, 0.5) is 0 Å². The third kappa shape index (κ3) is 3.19. The lowest BCUT2D eigenvalue weighted by Crippen LogP contribution is -2.12. The van der Waals surface area contributed by atoms with Crippen molar-refractivity contribution in [2.24, 2.45) is 5.41 Å². The molecule has 0 aliphatic rings. The van der Waals surface area contributed by atoms with Crippen LogP contribution in [0, 0.1) is 16.7 Å². The van der Waals surface area contributed by atoms with Gasteiger partial charge in [0.25, 0.3) is 0 Å². The Labute approximate surface area is 86.5 Å². The number of hydrogen-bond acceptors (Lipinski definition) is 2. The SMILES string of the molecule is CC(C)(C#N)CCn1cc(Br)cn1. The minimum atomic E-state index is -0.265. The molecule has 0 aromatic carbocycles. The van der Waals surface area contributed by atoms with Crippen molar-refractivity contribution in [3.8, 4) is 6.07 Å². The maximum atomic E-state index is 8.79. The number of hydrogen-bond donors (Lipinski definition) is 0. The largest absolute Gasteiger partial charge is 0.272 e. The van der Waals surface area contributed by atoms with Crippen LogP contribution in [0.25, 0.3) is 0 Å². The monoisotopic (exact) mass is 241 g/mol. The molecule has 0 spiro atoms. The molecule has 0 unspecified atom stereocenters. The summed E-state index contributed by atoms with van der Waals surface area (Å²) in [5.74, 6) is 0. The van der Waals surface area contributed by atoms with E-state index in [4.69, 9.17) is 5.26 Å². The van der Waals surface area contributed by atoms with E-state index in [0.29, 0.717) is 0 Å². The van der Waals surface area contributed by atoms with E-state index in [-0.39, 0.29) is 5.41 Å². The van der Waals surface area contributed by atoms with Crippen molar-refractivity contribution in [2.75, 3.05) is 0 Å². The van der Waals surface area contributed by atoms with Gasteiger partial charge < -0.3 is 0 Å². The van der Waals surface area contributed by atoms with E-state index >= 15 is 0 Å². The van der Waals surface area contributed by atoms with E-state index in [1.54, 1.807) is 6.20 Å². The highest BCUT2D eigenvalue weighted by molar-refractivity contribution is 9.10. The summed E-state index contributed by atoms with van der Waals surface area (Å²) < 4.78 is 2.81. The summed E-state index contributed by atoms with van der Waals surface area (Å²) >= 11 is 3.32. The predicted octanol–water partition coefficient (Wildman–Crippen LogP) is 2.59. The van der Waals surface area contributed by atoms with Gasteiger partial charge in [0.05, 0.1) is 22.2 Å². The summed E-state index contributed by atoms with van der Waals surface area (Å²) in [5, 5.41) is 12.9. The second-order valence-corrected chi connectivity index (χ2v) is 4.58. The molecule has 0 fully saturated rings. The zero-order valence-corrected chi connectivity index (χ0v) is 9.37. The van der Waals surface area contributed by atoms with E-state index in [0.717, 1.165) is 17.4 Å². The molecule has 1 aromatic rings. The topological polar surface area (TPSA) is 41.6 Å². The van der Waals surface area contributed by atoms with E-state index in [1.165, 1.54) is 0 Å². The third-order valence-corrected chi connectivity index (χ3v) is 2.28. The van der Waals surface area contributed by atoms with Gasteiger partial charge in [-0.15, -0.1) is 0 Å². The molecule has 0 aliphatic heterocycles. The normalized spacial score (nSPS) is 11.2. The van der Waals surface area contributed by atoms with Crippen molar-refractivity contribution in [3.63, 3.8) is 0 Å². The van der Waals surface area contributed by atoms with Gasteiger partial charge in [-0.25, -0.2) is 0 Å². The average Bonchev–Trinajstić information content (AvgIpc) is 2.48. The first-order valence-corrected chi connectivity index (χ1v) is 4.92. The van der Waals surface area contributed by atoms with Crippen molar-refractivity contribution < 1.29 is 0 Å². The van der Waals surface area contributed by atoms with Crippen molar-refractivity contribution in [1.82, 2.24) is 9.78 Å². The van der Waals surface area contributed by atoms with Gasteiger partial charge in [-0.3, -0.25) is 4.68 Å². The summed E-state index contributed by atoms with van der Waals surface area (Å²) in [4.78, 5) is 0. The van der Waals surface area contributed by atoms with Crippen molar-refractivity contribution in [1.29, 1.82) is 5.26 Å². The van der Waals surface area contributed by atoms with E-state index in [2.05, 4.69) is 27.1 Å². The standard InChI is InChI=1S/C9H12BrN3/c1-9(2,7-11)3-4-13-6-8(10)5-12-13/h5-6H,3-4H2,1-2H3. The Balaban J connectivity index is 2.49. The Bertz CT molecular complexity index is 322. The summed E-state index contributed by atoms with van der Waals surface area (Å²) in [5.41, 5.74) is -0.265. The van der Waals surface area contributed by atoms with Crippen LogP contribution in [0.2, 0.25) is 0 Å². The van der Waals surface area contributed by atoms with Crippen LogP contribution in [0.5, 0.6) is 0 Å². The lowest BCUT2D eigenvalue weighted by atomic mass is 9.92. The van der Waals surface area contributed by atoms with Crippen molar-refractivity contribution >= 4 is 15.9 Å². The second kappa shape index (κ2) is 3.93. The molecule has 0 amide bonds. The highest BCUT2D eigenvalue weighted by Crippen LogP contribution is 2.19. The molecule has 70 valence electrons. The first kappa shape index (κ1) is 10.3. The number of rotatable bonds is 3. The zero-order chi connectivity index (χ0) is 9.90. The van der Waals surface area contributed by atoms with E-state index in [9.17, 15) is 0 Å². The fraction of sp³-hybridized carbons (Fsp3) is 0.556. The van der Waals surface area contributed by atoms with Gasteiger partial charge in [0.1, 0.15) is 0 Å². The van der Waals surface area contributed by atoms with Gasteiger partial charge in [-0.2, -0.15) is 10.4 Å². The molecule has 0 bridgehead atoms. The number of nitrogens with zero attached hydrogens (tertiary/aromatic N) is 3. The number of aromatic nitrogens is 2. The molecule has 0 atom stereocenters. The molecule has 0 N–H and O–H groups in total. The summed E-state index contributed by atoms with van der Waals surface area (Å²) in [6.07, 6.45) is 4.48. The molecule has 1 rings (SSSR count). The molecule has 13 heavy (non-hydrogen) atoms. The smallest absolute Gasteiger partial charge is 0.0684 e. The molecular weight excluding hydrogens is 230 g/mol. The Morgan fingerprint density at radius 1 is 1.69 bits per heavy atom. The fourth-order valence-corrected chi connectivity index (χ4v) is 1.24. The van der Waals surface area contributed by atoms with Crippen LogP contribution in [-0.2, 0) is 6.54 Å². The van der Waals surface area contributed by atoms with Crippen LogP contribution in [-0.4, -0.2) is 9.78 Å². The van der Waals surface area contributed by atoms with Crippen LogP contribution in [0.1, 0.15) is 20.3 Å². The van der Waals surface area contributed by atoms with Gasteiger partial charge in [-0.1, -0.05) is 0 Å². The molecule has 0 saturated carbocycles. The molecule has 0 saturated heterocycles. The molecular formula is C9H12BrN3. The first-order valence-electron chi connectivity index (χ1n) is 4.13. The molecule has 1 aromatic heterocycles. The van der Waals surface area contributed by atoms with Gasteiger partial charge in [0.15, 0.2) is 0 Å². The predicted molar refractivity (Wildman–Crippen MR) is 53.9 cm³/mol. The average molecular weight is 242 g/mol. The van der Waals surface area contributed by atoms with Gasteiger partial charge in [0.2, 0.25) is 0 Å². The van der Waals surface area contributed by atoms with Gasteiger partial charge in [-0.05, 0) is 36.2 Å². The Morgan fingerprint density at radius 3 is 2.85 bits per heavy atom. The van der Waals surface area contributed by atoms with Crippen LogP contribution in [0.15, 0.2) is 16.9 Å². The summed E-state index contributed by atoms with van der Waals surface area (Å²) in [7, 11) is 0. The van der Waals surface area contributed by atoms with Crippen LogP contribution in [0.3, 0.4) is 0 Å². The minimum Gasteiger partial charge on any atom is -0.272 e. The molecule has 3 nitrogen and oxygen atoms in total. The molecule has 4 heteroatoms. The first-order chi connectivity index (χ1) is 6.03. The highest BCUT2D eigenvalue weighted by Gasteiger charge is 2.16. The van der Waals surface area contributed by atoms with Crippen molar-refractivity contribution in [3.05, 3.63) is 16.9 Å². The van der Waals surface area contributed by atoms with Crippen molar-refractivity contribution in [2.45, 2.75) is 26.8 Å². The minimum absolute atomic E-state index is 0.265. The fourth-order valence-electron chi connectivity index (χ4n) is 0.911. The highest BCUT2D eigenvalue weighted by atomic mass is 79.9. The summed E-state index contributed by atoms with van der Waals surface area (Å²) in [6.45, 7) is 4.66. The Kier molecular flexibility index (Phi) is 3.10. The maximum absolute atomic E-state index is 8.79. The van der Waals surface area contributed by atoms with E-state index < -0.39 is 0 Å². The zero-order valence-electron chi connectivity index (χ0n) is 7.79. The lowest BCUT2D eigenvalue weighted by molar-refractivity contribution is 0.399. The lowest BCUT2D eigenvalue weighted by Gasteiger charge is -2.14. The quantitative estimate of drug-likeness (QED) is 0.817. The second-order valence-electron chi connectivity index (χ2n) is 3.67. The Hall–Kier alpha value is -0.820. The number of aryl methyl sites for hydroxylation is 1. The summed E-state index contributed by atoms with van der Waals surface area (Å²) in [6, 6.07) is 2.27.